The number of hydrogen-bond donors (Lipinski definition) is 1. The number of benzene rings is 1. The van der Waals surface area contributed by atoms with Gasteiger partial charge in [0, 0.05) is 21.0 Å². The Labute approximate surface area is 94.3 Å². The number of halogens is 1. The second-order valence-electron chi connectivity index (χ2n) is 2.91. The Balaban J connectivity index is 2.64. The maximum absolute atomic E-state index is 9.56. The van der Waals surface area contributed by atoms with E-state index in [2.05, 4.69) is 22.0 Å². The molecule has 0 saturated heterocycles. The largest absolute Gasteiger partial charge is 0.504 e. The lowest BCUT2D eigenvalue weighted by molar-refractivity contribution is 0.374. The van der Waals surface area contributed by atoms with Gasteiger partial charge < -0.3 is 9.84 Å². The van der Waals surface area contributed by atoms with Crippen molar-refractivity contribution in [3.63, 3.8) is 0 Å². The van der Waals surface area contributed by atoms with E-state index in [0.29, 0.717) is 5.75 Å². The van der Waals surface area contributed by atoms with E-state index in [0.717, 1.165) is 15.4 Å². The van der Waals surface area contributed by atoms with Gasteiger partial charge in [-0.05, 0) is 17.5 Å². The summed E-state index contributed by atoms with van der Waals surface area (Å²) in [4.78, 5) is 1.24. The van der Waals surface area contributed by atoms with E-state index in [4.69, 9.17) is 4.74 Å². The molecule has 14 heavy (non-hydrogen) atoms. The van der Waals surface area contributed by atoms with Gasteiger partial charge in [-0.2, -0.15) is 0 Å². The molecule has 2 nitrogen and oxygen atoms in total. The SMILES string of the molecule is COc1cc2cc(CBr)sc2cc1O. The van der Waals surface area contributed by atoms with Gasteiger partial charge in [-0.25, -0.2) is 0 Å². The third-order valence-corrected chi connectivity index (χ3v) is 4.07. The number of thiophene rings is 1. The van der Waals surface area contributed by atoms with Gasteiger partial charge in [0.2, 0.25) is 0 Å². The maximum Gasteiger partial charge on any atom is 0.161 e. The minimum Gasteiger partial charge on any atom is -0.504 e. The highest BCUT2D eigenvalue weighted by atomic mass is 79.9. The Morgan fingerprint density at radius 3 is 2.86 bits per heavy atom. The Kier molecular flexibility index (Phi) is 2.65. The number of phenolic OH excluding ortho intramolecular Hbond substituents is 1. The van der Waals surface area contributed by atoms with Crippen LogP contribution in [0.1, 0.15) is 4.88 Å². The van der Waals surface area contributed by atoms with Gasteiger partial charge in [0.25, 0.3) is 0 Å². The molecule has 0 saturated carbocycles. The van der Waals surface area contributed by atoms with E-state index in [1.54, 1.807) is 24.5 Å². The van der Waals surface area contributed by atoms with Crippen LogP contribution in [0.25, 0.3) is 10.1 Å². The zero-order chi connectivity index (χ0) is 10.1. The Hall–Kier alpha value is -0.740. The zero-order valence-electron chi connectivity index (χ0n) is 7.58. The van der Waals surface area contributed by atoms with Crippen molar-refractivity contribution in [2.45, 2.75) is 5.33 Å². The number of rotatable bonds is 2. The molecular weight excluding hydrogens is 264 g/mol. The van der Waals surface area contributed by atoms with Gasteiger partial charge in [0.15, 0.2) is 11.5 Å². The van der Waals surface area contributed by atoms with Crippen LogP contribution < -0.4 is 4.74 Å². The lowest BCUT2D eigenvalue weighted by Crippen LogP contribution is -1.81. The molecule has 1 aromatic carbocycles. The monoisotopic (exact) mass is 272 g/mol. The summed E-state index contributed by atoms with van der Waals surface area (Å²) in [6, 6.07) is 5.69. The molecule has 0 bridgehead atoms. The first-order valence-corrected chi connectivity index (χ1v) is 6.04. The smallest absolute Gasteiger partial charge is 0.161 e. The molecule has 1 aromatic heterocycles. The predicted molar refractivity (Wildman–Crippen MR) is 62.7 cm³/mol. The van der Waals surface area contributed by atoms with Crippen molar-refractivity contribution in [2.24, 2.45) is 0 Å². The number of alkyl halides is 1. The van der Waals surface area contributed by atoms with E-state index >= 15 is 0 Å². The topological polar surface area (TPSA) is 29.5 Å². The number of fused-ring (bicyclic) bond motifs is 1. The lowest BCUT2D eigenvalue weighted by Gasteiger charge is -2.01. The van der Waals surface area contributed by atoms with Crippen LogP contribution in [0.4, 0.5) is 0 Å². The van der Waals surface area contributed by atoms with Crippen molar-refractivity contribution < 1.29 is 9.84 Å². The summed E-state index contributed by atoms with van der Waals surface area (Å²) in [6.07, 6.45) is 0. The molecule has 2 rings (SSSR count). The molecule has 0 fully saturated rings. The van der Waals surface area contributed by atoms with E-state index in [1.165, 1.54) is 4.88 Å². The van der Waals surface area contributed by atoms with Crippen molar-refractivity contribution in [3.05, 3.63) is 23.1 Å². The van der Waals surface area contributed by atoms with Gasteiger partial charge in [-0.1, -0.05) is 15.9 Å². The maximum atomic E-state index is 9.56. The lowest BCUT2D eigenvalue weighted by atomic mass is 10.2. The summed E-state index contributed by atoms with van der Waals surface area (Å²) < 4.78 is 6.12. The molecular formula is C10H9BrO2S. The van der Waals surface area contributed by atoms with Crippen molar-refractivity contribution >= 4 is 37.4 Å². The number of phenols is 1. The summed E-state index contributed by atoms with van der Waals surface area (Å²) >= 11 is 5.07. The van der Waals surface area contributed by atoms with Gasteiger partial charge in [0.1, 0.15) is 0 Å². The van der Waals surface area contributed by atoms with Gasteiger partial charge >= 0.3 is 0 Å². The minimum atomic E-state index is 0.197. The summed E-state index contributed by atoms with van der Waals surface area (Å²) in [5.74, 6) is 0.722. The quantitative estimate of drug-likeness (QED) is 0.848. The van der Waals surface area contributed by atoms with Crippen LogP contribution >= 0.6 is 27.3 Å². The minimum absolute atomic E-state index is 0.197. The highest BCUT2D eigenvalue weighted by Crippen LogP contribution is 2.36. The normalized spacial score (nSPS) is 10.7. The zero-order valence-corrected chi connectivity index (χ0v) is 9.98. The average molecular weight is 273 g/mol. The third kappa shape index (κ3) is 1.60. The first kappa shape index (κ1) is 9.80. The molecule has 1 heterocycles. The van der Waals surface area contributed by atoms with Crippen molar-refractivity contribution in [3.8, 4) is 11.5 Å². The fraction of sp³-hybridized carbons (Fsp3) is 0.200. The Morgan fingerprint density at radius 2 is 2.21 bits per heavy atom. The number of hydrogen-bond acceptors (Lipinski definition) is 3. The van der Waals surface area contributed by atoms with Crippen molar-refractivity contribution in [1.82, 2.24) is 0 Å². The second kappa shape index (κ2) is 3.79. The molecule has 74 valence electrons. The Bertz CT molecular complexity index is 464. The summed E-state index contributed by atoms with van der Waals surface area (Å²) in [5.41, 5.74) is 0. The van der Waals surface area contributed by atoms with E-state index in [1.807, 2.05) is 6.07 Å². The molecule has 0 aliphatic heterocycles. The fourth-order valence-electron chi connectivity index (χ4n) is 1.34. The van der Waals surface area contributed by atoms with E-state index < -0.39 is 0 Å². The van der Waals surface area contributed by atoms with Gasteiger partial charge in [-0.3, -0.25) is 0 Å². The highest BCUT2D eigenvalue weighted by Gasteiger charge is 2.06. The highest BCUT2D eigenvalue weighted by molar-refractivity contribution is 9.08. The predicted octanol–water partition coefficient (Wildman–Crippen LogP) is 3.51. The molecule has 0 radical (unpaired) electrons. The van der Waals surface area contributed by atoms with Gasteiger partial charge in [-0.15, -0.1) is 11.3 Å². The third-order valence-electron chi connectivity index (χ3n) is 2.00. The van der Waals surface area contributed by atoms with Crippen LogP contribution in [0.3, 0.4) is 0 Å². The first-order valence-electron chi connectivity index (χ1n) is 4.10. The second-order valence-corrected chi connectivity index (χ2v) is 4.64. The first-order chi connectivity index (χ1) is 6.74. The van der Waals surface area contributed by atoms with E-state index in [9.17, 15) is 5.11 Å². The number of aromatic hydroxyl groups is 1. The molecule has 2 aromatic rings. The fourth-order valence-corrected chi connectivity index (χ4v) is 2.77. The molecule has 0 aliphatic carbocycles. The summed E-state index contributed by atoms with van der Waals surface area (Å²) in [5, 5.41) is 11.5. The summed E-state index contributed by atoms with van der Waals surface area (Å²) in [7, 11) is 1.55. The molecule has 0 aliphatic rings. The van der Waals surface area contributed by atoms with Crippen LogP contribution in [0.2, 0.25) is 0 Å². The van der Waals surface area contributed by atoms with Crippen LogP contribution in [0.5, 0.6) is 11.5 Å². The van der Waals surface area contributed by atoms with Crippen LogP contribution in [-0.2, 0) is 5.33 Å². The van der Waals surface area contributed by atoms with Crippen molar-refractivity contribution in [2.75, 3.05) is 7.11 Å². The standard InChI is InChI=1S/C10H9BrO2S/c1-13-9-3-6-2-7(5-11)14-10(6)4-8(9)12/h2-4,12H,5H2,1H3. The summed E-state index contributed by atoms with van der Waals surface area (Å²) in [6.45, 7) is 0. The van der Waals surface area contributed by atoms with Crippen LogP contribution in [0.15, 0.2) is 18.2 Å². The average Bonchev–Trinajstić information content (AvgIpc) is 2.58. The van der Waals surface area contributed by atoms with E-state index in [-0.39, 0.29) is 5.75 Å². The van der Waals surface area contributed by atoms with Crippen LogP contribution in [0, 0.1) is 0 Å². The molecule has 0 atom stereocenters. The molecule has 1 N–H and O–H groups in total. The molecule has 0 unspecified atom stereocenters. The Morgan fingerprint density at radius 1 is 1.43 bits per heavy atom. The number of ether oxygens (including phenoxy) is 1. The molecule has 0 spiro atoms. The number of methoxy groups -OCH3 is 1. The van der Waals surface area contributed by atoms with Gasteiger partial charge in [0.05, 0.1) is 7.11 Å². The van der Waals surface area contributed by atoms with Crippen molar-refractivity contribution in [1.29, 1.82) is 0 Å². The van der Waals surface area contributed by atoms with Crippen LogP contribution in [-0.4, -0.2) is 12.2 Å². The molecule has 0 amide bonds. The molecule has 4 heteroatoms.